The molecule has 0 unspecified atom stereocenters. The zero-order valence-electron chi connectivity index (χ0n) is 13.6. The van der Waals surface area contributed by atoms with Crippen molar-refractivity contribution in [3.63, 3.8) is 0 Å². The highest BCUT2D eigenvalue weighted by Crippen LogP contribution is 2.36. The van der Waals surface area contributed by atoms with Gasteiger partial charge in [-0.25, -0.2) is 4.98 Å². The van der Waals surface area contributed by atoms with Gasteiger partial charge in [-0.3, -0.25) is 0 Å². The Morgan fingerprint density at radius 3 is 2.46 bits per heavy atom. The predicted molar refractivity (Wildman–Crippen MR) is 83.9 cm³/mol. The lowest BCUT2D eigenvalue weighted by Crippen LogP contribution is -2.17. The van der Waals surface area contributed by atoms with Gasteiger partial charge in [-0.1, -0.05) is 6.07 Å². The zero-order valence-corrected chi connectivity index (χ0v) is 13.6. The summed E-state index contributed by atoms with van der Waals surface area (Å²) in [6.07, 6.45) is -3.84. The molecule has 24 heavy (non-hydrogen) atoms. The number of hydrogen-bond acceptors (Lipinski definition) is 5. The summed E-state index contributed by atoms with van der Waals surface area (Å²) in [5.74, 6) is 0.265. The van der Waals surface area contributed by atoms with Gasteiger partial charge < -0.3 is 14.4 Å². The maximum absolute atomic E-state index is 13.0. The van der Waals surface area contributed by atoms with E-state index in [1.807, 2.05) is 6.92 Å². The van der Waals surface area contributed by atoms with Crippen LogP contribution in [-0.2, 0) is 6.18 Å². The molecule has 0 amide bonds. The summed E-state index contributed by atoms with van der Waals surface area (Å²) in [5, 5.41) is 0. The number of hydrogen-bond donors (Lipinski definition) is 0. The summed E-state index contributed by atoms with van der Waals surface area (Å²) >= 11 is 0. The molecule has 0 atom stereocenters. The molecule has 0 N–H and O–H groups in total. The van der Waals surface area contributed by atoms with E-state index in [0.29, 0.717) is 18.0 Å². The molecule has 2 rings (SSSR count). The fourth-order valence-corrected chi connectivity index (χ4v) is 2.02. The van der Waals surface area contributed by atoms with Crippen molar-refractivity contribution in [3.8, 4) is 11.6 Å². The maximum atomic E-state index is 13.0. The quantitative estimate of drug-likeness (QED) is 0.793. The molecular weight excluding hydrogens is 323 g/mol. The topological polar surface area (TPSA) is 47.5 Å². The number of rotatable bonds is 6. The molecule has 0 aliphatic heterocycles. The first-order chi connectivity index (χ1) is 11.4. The third-order valence-electron chi connectivity index (χ3n) is 3.14. The normalized spacial score (nSPS) is 11.2. The van der Waals surface area contributed by atoms with Crippen molar-refractivity contribution in [3.05, 3.63) is 36.0 Å². The van der Waals surface area contributed by atoms with Crippen LogP contribution in [0.3, 0.4) is 0 Å². The molecule has 0 spiro atoms. The van der Waals surface area contributed by atoms with Crippen LogP contribution in [0.25, 0.3) is 0 Å². The van der Waals surface area contributed by atoms with Crippen molar-refractivity contribution in [2.45, 2.75) is 20.0 Å². The number of aromatic nitrogens is 2. The van der Waals surface area contributed by atoms with E-state index in [2.05, 4.69) is 9.97 Å². The Bertz CT molecular complexity index is 693. The molecule has 0 saturated carbocycles. The molecule has 0 bridgehead atoms. The Balaban J connectivity index is 2.37. The van der Waals surface area contributed by atoms with Gasteiger partial charge in [-0.15, -0.1) is 0 Å². The Morgan fingerprint density at radius 1 is 1.12 bits per heavy atom. The molecule has 1 heterocycles. The Hall–Kier alpha value is -2.51. The summed E-state index contributed by atoms with van der Waals surface area (Å²) in [4.78, 5) is 9.29. The smallest absolute Gasteiger partial charge is 0.423 e. The van der Waals surface area contributed by atoms with Crippen LogP contribution in [0.1, 0.15) is 19.4 Å². The number of ether oxygens (including phenoxy) is 2. The maximum Gasteiger partial charge on any atom is 0.423 e. The van der Waals surface area contributed by atoms with Gasteiger partial charge in [0.25, 0.3) is 0 Å². The highest BCUT2D eigenvalue weighted by Gasteiger charge is 2.36. The second-order valence-electron chi connectivity index (χ2n) is 4.81. The first kappa shape index (κ1) is 17.8. The summed E-state index contributed by atoms with van der Waals surface area (Å²) in [6, 6.07) is 7.11. The van der Waals surface area contributed by atoms with Gasteiger partial charge >= 0.3 is 6.18 Å². The number of anilines is 2. The van der Waals surface area contributed by atoms with Gasteiger partial charge in [0.05, 0.1) is 13.2 Å². The van der Waals surface area contributed by atoms with E-state index in [1.165, 1.54) is 0 Å². The van der Waals surface area contributed by atoms with Crippen LogP contribution in [0.15, 0.2) is 30.5 Å². The van der Waals surface area contributed by atoms with Crippen LogP contribution in [0, 0.1) is 0 Å². The average molecular weight is 341 g/mol. The van der Waals surface area contributed by atoms with Crippen molar-refractivity contribution in [2.24, 2.45) is 0 Å². The van der Waals surface area contributed by atoms with Crippen molar-refractivity contribution < 1.29 is 22.6 Å². The van der Waals surface area contributed by atoms with Gasteiger partial charge in [0.15, 0.2) is 0 Å². The van der Waals surface area contributed by atoms with Crippen LogP contribution in [-0.4, -0.2) is 30.2 Å². The first-order valence-corrected chi connectivity index (χ1v) is 7.40. The summed E-state index contributed by atoms with van der Waals surface area (Å²) in [7, 11) is 1.66. The van der Waals surface area contributed by atoms with Crippen LogP contribution >= 0.6 is 0 Å². The van der Waals surface area contributed by atoms with Crippen molar-refractivity contribution >= 4 is 11.6 Å². The van der Waals surface area contributed by atoms with Crippen LogP contribution in [0.5, 0.6) is 11.6 Å². The van der Waals surface area contributed by atoms with Crippen molar-refractivity contribution in [1.29, 1.82) is 0 Å². The van der Waals surface area contributed by atoms with Gasteiger partial charge in [0.2, 0.25) is 11.8 Å². The molecule has 0 radical (unpaired) electrons. The van der Waals surface area contributed by atoms with Gasteiger partial charge in [0, 0.05) is 25.0 Å². The summed E-state index contributed by atoms with van der Waals surface area (Å²) in [5.41, 5.74) is -0.312. The second kappa shape index (κ2) is 7.37. The van der Waals surface area contributed by atoms with E-state index in [1.54, 1.807) is 43.1 Å². The monoisotopic (exact) mass is 341 g/mol. The third kappa shape index (κ3) is 4.06. The zero-order chi connectivity index (χ0) is 17.7. The van der Waals surface area contributed by atoms with E-state index in [4.69, 9.17) is 9.47 Å². The van der Waals surface area contributed by atoms with Gasteiger partial charge in [0.1, 0.15) is 11.3 Å². The van der Waals surface area contributed by atoms with E-state index in [0.717, 1.165) is 6.20 Å². The molecule has 5 nitrogen and oxygen atoms in total. The Morgan fingerprint density at radius 2 is 1.83 bits per heavy atom. The molecule has 0 saturated heterocycles. The van der Waals surface area contributed by atoms with Crippen LogP contribution in [0.2, 0.25) is 0 Å². The van der Waals surface area contributed by atoms with Crippen molar-refractivity contribution in [1.82, 2.24) is 9.97 Å². The molecule has 0 aliphatic carbocycles. The lowest BCUT2D eigenvalue weighted by Gasteiger charge is -2.20. The SMILES string of the molecule is CCOc1cccc(N(C)c2ncc(C(F)(F)F)c(OCC)n2)c1. The van der Waals surface area contributed by atoms with E-state index in [-0.39, 0.29) is 12.6 Å². The number of alkyl halides is 3. The number of benzene rings is 1. The minimum Gasteiger partial charge on any atom is -0.494 e. The molecule has 8 heteroatoms. The highest BCUT2D eigenvalue weighted by atomic mass is 19.4. The predicted octanol–water partition coefficient (Wildman–Crippen LogP) is 4.06. The fourth-order valence-electron chi connectivity index (χ4n) is 2.02. The molecule has 130 valence electrons. The molecule has 0 fully saturated rings. The largest absolute Gasteiger partial charge is 0.494 e. The first-order valence-electron chi connectivity index (χ1n) is 7.40. The van der Waals surface area contributed by atoms with E-state index < -0.39 is 17.6 Å². The summed E-state index contributed by atoms with van der Waals surface area (Å²) < 4.78 is 49.4. The lowest BCUT2D eigenvalue weighted by atomic mass is 10.3. The van der Waals surface area contributed by atoms with Gasteiger partial charge in [-0.05, 0) is 26.0 Å². The number of halogens is 3. The Kier molecular flexibility index (Phi) is 5.48. The number of nitrogens with zero attached hydrogens (tertiary/aromatic N) is 3. The van der Waals surface area contributed by atoms with Gasteiger partial charge in [-0.2, -0.15) is 18.2 Å². The van der Waals surface area contributed by atoms with E-state index in [9.17, 15) is 13.2 Å². The standard InChI is InChI=1S/C16H18F3N3O2/c1-4-23-12-8-6-7-11(9-12)22(3)15-20-10-13(16(17,18)19)14(21-15)24-5-2/h6-10H,4-5H2,1-3H3. The molecule has 0 aliphatic rings. The van der Waals surface area contributed by atoms with Crippen LogP contribution < -0.4 is 14.4 Å². The Labute approximate surface area is 138 Å². The van der Waals surface area contributed by atoms with Crippen LogP contribution in [0.4, 0.5) is 24.8 Å². The fraction of sp³-hybridized carbons (Fsp3) is 0.375. The molecule has 2 aromatic rings. The minimum absolute atomic E-state index is 0.0725. The molecular formula is C16H18F3N3O2. The second-order valence-corrected chi connectivity index (χ2v) is 4.81. The third-order valence-corrected chi connectivity index (χ3v) is 3.14. The minimum atomic E-state index is -4.57. The molecule has 1 aromatic carbocycles. The highest BCUT2D eigenvalue weighted by molar-refractivity contribution is 5.59. The lowest BCUT2D eigenvalue weighted by molar-refractivity contribution is -0.139. The molecule has 1 aromatic heterocycles. The summed E-state index contributed by atoms with van der Waals surface area (Å²) in [6.45, 7) is 4.04. The van der Waals surface area contributed by atoms with Crippen molar-refractivity contribution in [2.75, 3.05) is 25.2 Å². The average Bonchev–Trinajstić information content (AvgIpc) is 2.54. The van der Waals surface area contributed by atoms with E-state index >= 15 is 0 Å².